The van der Waals surface area contributed by atoms with Crippen molar-refractivity contribution >= 4 is 11.3 Å². The molecule has 1 heterocycles. The predicted molar refractivity (Wildman–Crippen MR) is 64.2 cm³/mol. The van der Waals surface area contributed by atoms with Crippen molar-refractivity contribution in [3.05, 3.63) is 40.2 Å². The summed E-state index contributed by atoms with van der Waals surface area (Å²) in [4.78, 5) is 4.63. The Labute approximate surface area is 98.2 Å². The summed E-state index contributed by atoms with van der Waals surface area (Å²) in [5.74, 6) is 0.720. The summed E-state index contributed by atoms with van der Waals surface area (Å²) < 4.78 is 0. The maximum Gasteiger partial charge on any atom is 0.0991 e. The first-order valence-electron chi connectivity index (χ1n) is 5.33. The molecule has 2 nitrogen and oxygen atoms in total. The number of aromatic nitrogens is 1. The number of hydrogen-bond acceptors (Lipinski definition) is 3. The van der Waals surface area contributed by atoms with Crippen molar-refractivity contribution < 1.29 is 0 Å². The zero-order chi connectivity index (χ0) is 11.0. The van der Waals surface area contributed by atoms with Crippen LogP contribution in [0.15, 0.2) is 29.6 Å². The van der Waals surface area contributed by atoms with Gasteiger partial charge in [0.2, 0.25) is 0 Å². The third-order valence-electron chi connectivity index (χ3n) is 2.76. The third kappa shape index (κ3) is 1.72. The first-order chi connectivity index (χ1) is 7.86. The van der Waals surface area contributed by atoms with E-state index in [4.69, 9.17) is 5.26 Å². The lowest BCUT2D eigenvalue weighted by Gasteiger charge is -1.95. The number of hydrogen-bond donors (Lipinski definition) is 0. The lowest BCUT2D eigenvalue weighted by molar-refractivity contribution is 1.09. The highest BCUT2D eigenvalue weighted by Crippen LogP contribution is 2.42. The molecule has 0 aliphatic heterocycles. The molecule has 3 rings (SSSR count). The number of benzene rings is 1. The largest absolute Gasteiger partial charge is 0.241 e. The van der Waals surface area contributed by atoms with Crippen LogP contribution in [-0.2, 0) is 0 Å². The van der Waals surface area contributed by atoms with E-state index in [1.165, 1.54) is 17.8 Å². The van der Waals surface area contributed by atoms with Gasteiger partial charge in [-0.25, -0.2) is 4.98 Å². The molecule has 1 saturated carbocycles. The summed E-state index contributed by atoms with van der Waals surface area (Å²) >= 11 is 1.75. The quantitative estimate of drug-likeness (QED) is 0.785. The third-order valence-corrected chi connectivity index (χ3v) is 3.77. The molecule has 0 N–H and O–H groups in total. The number of rotatable bonds is 2. The van der Waals surface area contributed by atoms with Crippen LogP contribution in [0, 0.1) is 11.3 Å². The fourth-order valence-corrected chi connectivity index (χ4v) is 2.65. The smallest absolute Gasteiger partial charge is 0.0991 e. The van der Waals surface area contributed by atoms with Gasteiger partial charge in [-0.15, -0.1) is 11.3 Å². The normalized spacial score (nSPS) is 14.7. The topological polar surface area (TPSA) is 36.7 Å². The molecule has 16 heavy (non-hydrogen) atoms. The Kier molecular flexibility index (Phi) is 2.23. The molecular formula is C13H10N2S. The van der Waals surface area contributed by atoms with Crippen LogP contribution in [0.3, 0.4) is 0 Å². The van der Waals surface area contributed by atoms with Crippen LogP contribution in [0.5, 0.6) is 0 Å². The van der Waals surface area contributed by atoms with Crippen molar-refractivity contribution in [1.29, 1.82) is 5.26 Å². The van der Waals surface area contributed by atoms with Gasteiger partial charge >= 0.3 is 0 Å². The van der Waals surface area contributed by atoms with Crippen molar-refractivity contribution in [2.45, 2.75) is 18.8 Å². The standard InChI is InChI=1S/C13H10N2S/c14-7-9-1-3-10(4-2-9)12-8-16-13(15-12)11-5-6-11/h1-4,8,11H,5-6H2. The molecular weight excluding hydrogens is 216 g/mol. The fraction of sp³-hybridized carbons (Fsp3) is 0.231. The molecule has 78 valence electrons. The van der Waals surface area contributed by atoms with Gasteiger partial charge in [0, 0.05) is 16.9 Å². The molecule has 0 spiro atoms. The molecule has 0 radical (unpaired) electrons. The maximum atomic E-state index is 8.72. The molecule has 0 bridgehead atoms. The zero-order valence-corrected chi connectivity index (χ0v) is 9.50. The van der Waals surface area contributed by atoms with Gasteiger partial charge in [-0.05, 0) is 25.0 Å². The van der Waals surface area contributed by atoms with E-state index in [1.54, 1.807) is 11.3 Å². The van der Waals surface area contributed by atoms with Gasteiger partial charge in [0.15, 0.2) is 0 Å². The molecule has 0 amide bonds. The number of nitrogens with zero attached hydrogens (tertiary/aromatic N) is 2. The lowest BCUT2D eigenvalue weighted by Crippen LogP contribution is -1.81. The second-order valence-corrected chi connectivity index (χ2v) is 4.92. The minimum absolute atomic E-state index is 0.696. The van der Waals surface area contributed by atoms with Crippen molar-refractivity contribution in [3.8, 4) is 17.3 Å². The van der Waals surface area contributed by atoms with E-state index in [2.05, 4.69) is 16.4 Å². The van der Waals surface area contributed by atoms with E-state index in [-0.39, 0.29) is 0 Å². The van der Waals surface area contributed by atoms with Gasteiger partial charge in [-0.3, -0.25) is 0 Å². The Bertz CT molecular complexity index is 544. The van der Waals surface area contributed by atoms with Crippen LogP contribution in [0.4, 0.5) is 0 Å². The summed E-state index contributed by atoms with van der Waals surface area (Å²) in [5.41, 5.74) is 2.83. The van der Waals surface area contributed by atoms with Gasteiger partial charge in [-0.2, -0.15) is 5.26 Å². The minimum atomic E-state index is 0.696. The van der Waals surface area contributed by atoms with Gasteiger partial charge < -0.3 is 0 Å². The fourth-order valence-electron chi connectivity index (χ4n) is 1.65. The Morgan fingerprint density at radius 2 is 2.00 bits per heavy atom. The summed E-state index contributed by atoms with van der Waals surface area (Å²) in [5, 5.41) is 12.1. The molecule has 1 aliphatic carbocycles. The van der Waals surface area contributed by atoms with E-state index < -0.39 is 0 Å². The van der Waals surface area contributed by atoms with Crippen LogP contribution in [0.1, 0.15) is 29.3 Å². The molecule has 1 aliphatic rings. The van der Waals surface area contributed by atoms with Gasteiger partial charge in [0.05, 0.1) is 22.3 Å². The lowest BCUT2D eigenvalue weighted by atomic mass is 10.1. The first-order valence-corrected chi connectivity index (χ1v) is 6.21. The number of nitriles is 1. The molecule has 1 fully saturated rings. The molecule has 1 aromatic carbocycles. The molecule has 3 heteroatoms. The summed E-state index contributed by atoms with van der Waals surface area (Å²) in [6, 6.07) is 9.72. The highest BCUT2D eigenvalue weighted by Gasteiger charge is 2.26. The minimum Gasteiger partial charge on any atom is -0.241 e. The first kappa shape index (κ1) is 9.56. The number of thiazole rings is 1. The maximum absolute atomic E-state index is 8.72. The average Bonchev–Trinajstić information content (AvgIpc) is 3.08. The monoisotopic (exact) mass is 226 g/mol. The van der Waals surface area contributed by atoms with Gasteiger partial charge in [0.25, 0.3) is 0 Å². The van der Waals surface area contributed by atoms with Crippen molar-refractivity contribution in [2.24, 2.45) is 0 Å². The summed E-state index contributed by atoms with van der Waals surface area (Å²) in [7, 11) is 0. The molecule has 2 aromatic rings. The van der Waals surface area contributed by atoms with Crippen LogP contribution < -0.4 is 0 Å². The Balaban J connectivity index is 1.92. The highest BCUT2D eigenvalue weighted by molar-refractivity contribution is 7.10. The van der Waals surface area contributed by atoms with Gasteiger partial charge in [0.1, 0.15) is 0 Å². The van der Waals surface area contributed by atoms with Crippen molar-refractivity contribution in [2.75, 3.05) is 0 Å². The van der Waals surface area contributed by atoms with E-state index in [1.807, 2.05) is 24.3 Å². The van der Waals surface area contributed by atoms with E-state index >= 15 is 0 Å². The second kappa shape index (κ2) is 3.73. The van der Waals surface area contributed by atoms with Gasteiger partial charge in [-0.1, -0.05) is 12.1 Å². The van der Waals surface area contributed by atoms with Crippen LogP contribution in [0.2, 0.25) is 0 Å². The summed E-state index contributed by atoms with van der Waals surface area (Å²) in [6.07, 6.45) is 2.58. The van der Waals surface area contributed by atoms with Crippen molar-refractivity contribution in [3.63, 3.8) is 0 Å². The molecule has 1 aromatic heterocycles. The van der Waals surface area contributed by atoms with E-state index in [9.17, 15) is 0 Å². The van der Waals surface area contributed by atoms with E-state index in [0.717, 1.165) is 17.2 Å². The SMILES string of the molecule is N#Cc1ccc(-c2csc(C3CC3)n2)cc1. The van der Waals surface area contributed by atoms with Crippen molar-refractivity contribution in [1.82, 2.24) is 4.98 Å². The zero-order valence-electron chi connectivity index (χ0n) is 8.68. The van der Waals surface area contributed by atoms with Crippen LogP contribution in [0.25, 0.3) is 11.3 Å². The van der Waals surface area contributed by atoms with E-state index in [0.29, 0.717) is 5.56 Å². The molecule has 0 saturated heterocycles. The van der Waals surface area contributed by atoms with Crippen LogP contribution in [-0.4, -0.2) is 4.98 Å². The Morgan fingerprint density at radius 1 is 1.25 bits per heavy atom. The molecule has 0 atom stereocenters. The molecule has 0 unspecified atom stereocenters. The van der Waals surface area contributed by atoms with Crippen LogP contribution >= 0.6 is 11.3 Å². The average molecular weight is 226 g/mol. The Morgan fingerprint density at radius 3 is 2.62 bits per heavy atom. The highest BCUT2D eigenvalue weighted by atomic mass is 32.1. The predicted octanol–water partition coefficient (Wildman–Crippen LogP) is 3.56. The summed E-state index contributed by atoms with van der Waals surface area (Å²) in [6.45, 7) is 0. The second-order valence-electron chi connectivity index (χ2n) is 4.03. The Hall–Kier alpha value is -1.66.